The lowest BCUT2D eigenvalue weighted by atomic mass is 10.0. The third-order valence-corrected chi connectivity index (χ3v) is 3.17. The summed E-state index contributed by atoms with van der Waals surface area (Å²) in [6.45, 7) is 4.79. The molecule has 0 saturated heterocycles. The Hall–Kier alpha value is -0.970. The van der Waals surface area contributed by atoms with E-state index in [0.29, 0.717) is 18.3 Å². The van der Waals surface area contributed by atoms with Gasteiger partial charge < -0.3 is 5.32 Å². The van der Waals surface area contributed by atoms with Gasteiger partial charge in [-0.25, -0.2) is 4.98 Å². The lowest BCUT2D eigenvalue weighted by molar-refractivity contribution is -0.137. The van der Waals surface area contributed by atoms with Crippen LogP contribution in [-0.2, 0) is 6.18 Å². The van der Waals surface area contributed by atoms with Gasteiger partial charge in [-0.05, 0) is 12.0 Å². The maximum absolute atomic E-state index is 12.4. The van der Waals surface area contributed by atoms with Gasteiger partial charge in [0.1, 0.15) is 5.82 Å². The van der Waals surface area contributed by atoms with E-state index in [2.05, 4.69) is 24.1 Å². The van der Waals surface area contributed by atoms with E-state index < -0.39 is 11.7 Å². The summed E-state index contributed by atoms with van der Waals surface area (Å²) < 4.78 is 37.2. The molecule has 1 rings (SSSR count). The van der Waals surface area contributed by atoms with Crippen LogP contribution in [0.3, 0.4) is 0 Å². The zero-order valence-corrected chi connectivity index (χ0v) is 11.1. The molecule has 0 aliphatic rings. The Morgan fingerprint density at radius 2 is 1.94 bits per heavy atom. The molecule has 0 saturated carbocycles. The van der Waals surface area contributed by atoms with E-state index in [1.54, 1.807) is 0 Å². The number of nitrogens with zero attached hydrogens (tertiary/aromatic N) is 1. The molecule has 102 valence electrons. The van der Waals surface area contributed by atoms with Crippen LogP contribution in [0.4, 0.5) is 19.0 Å². The summed E-state index contributed by atoms with van der Waals surface area (Å²) in [6, 6.07) is 0.893. The zero-order chi connectivity index (χ0) is 13.8. The molecule has 0 aromatic carbocycles. The Bertz CT molecular complexity index is 389. The van der Waals surface area contributed by atoms with Crippen molar-refractivity contribution < 1.29 is 13.2 Å². The fourth-order valence-electron chi connectivity index (χ4n) is 1.54. The van der Waals surface area contributed by atoms with E-state index in [1.807, 2.05) is 0 Å². The minimum absolute atomic E-state index is 0.00391. The fraction of sp³-hybridized carbons (Fsp3) is 0.583. The van der Waals surface area contributed by atoms with Crippen molar-refractivity contribution in [2.24, 2.45) is 5.92 Å². The lowest BCUT2D eigenvalue weighted by Gasteiger charge is -2.15. The van der Waals surface area contributed by atoms with Crippen LogP contribution in [-0.4, -0.2) is 11.5 Å². The fourth-order valence-corrected chi connectivity index (χ4v) is 1.77. The van der Waals surface area contributed by atoms with Gasteiger partial charge in [-0.1, -0.05) is 38.3 Å². The van der Waals surface area contributed by atoms with Crippen molar-refractivity contribution in [1.29, 1.82) is 0 Å². The standard InChI is InChI=1S/C12H16ClF3N2/c1-3-8(4-2)6-17-11-10(13)5-9(7-18-11)12(14,15)16/h5,7-8H,3-4,6H2,1-2H3,(H,17,18). The summed E-state index contributed by atoms with van der Waals surface area (Å²) in [5, 5.41) is 2.98. The highest BCUT2D eigenvalue weighted by molar-refractivity contribution is 6.32. The molecule has 0 radical (unpaired) electrons. The normalized spacial score (nSPS) is 11.9. The average Bonchev–Trinajstić information content (AvgIpc) is 2.30. The predicted molar refractivity (Wildman–Crippen MR) is 66.8 cm³/mol. The summed E-state index contributed by atoms with van der Waals surface area (Å²) in [5.41, 5.74) is -0.833. The van der Waals surface area contributed by atoms with E-state index in [0.717, 1.165) is 25.1 Å². The summed E-state index contributed by atoms with van der Waals surface area (Å²) in [6.07, 6.45) is -1.62. The van der Waals surface area contributed by atoms with Gasteiger partial charge in [0, 0.05) is 12.7 Å². The number of aromatic nitrogens is 1. The molecule has 0 bridgehead atoms. The Labute approximate surface area is 110 Å². The van der Waals surface area contributed by atoms with Crippen LogP contribution in [0.5, 0.6) is 0 Å². The van der Waals surface area contributed by atoms with Crippen molar-refractivity contribution in [3.8, 4) is 0 Å². The summed E-state index contributed by atoms with van der Waals surface area (Å²) in [4.78, 5) is 3.72. The molecule has 0 atom stereocenters. The number of halogens is 4. The number of nitrogens with one attached hydrogen (secondary N) is 1. The molecule has 1 heterocycles. The number of rotatable bonds is 5. The summed E-state index contributed by atoms with van der Waals surface area (Å²) in [5.74, 6) is 0.765. The molecule has 18 heavy (non-hydrogen) atoms. The van der Waals surface area contributed by atoms with Crippen LogP contribution < -0.4 is 5.32 Å². The van der Waals surface area contributed by atoms with E-state index in [1.165, 1.54) is 0 Å². The van der Waals surface area contributed by atoms with Gasteiger partial charge in [0.15, 0.2) is 0 Å². The summed E-state index contributed by atoms with van der Waals surface area (Å²) >= 11 is 5.78. The van der Waals surface area contributed by atoms with Crippen LogP contribution in [0.1, 0.15) is 32.3 Å². The highest BCUT2D eigenvalue weighted by Crippen LogP contribution is 2.32. The molecule has 0 aliphatic heterocycles. The molecular weight excluding hydrogens is 265 g/mol. The topological polar surface area (TPSA) is 24.9 Å². The number of hydrogen-bond donors (Lipinski definition) is 1. The Balaban J connectivity index is 2.74. The molecule has 0 spiro atoms. The van der Waals surface area contributed by atoms with E-state index in [4.69, 9.17) is 11.6 Å². The van der Waals surface area contributed by atoms with Gasteiger partial charge in [0.25, 0.3) is 0 Å². The Morgan fingerprint density at radius 3 is 2.39 bits per heavy atom. The minimum atomic E-state index is -4.41. The molecular formula is C12H16ClF3N2. The maximum atomic E-state index is 12.4. The van der Waals surface area contributed by atoms with E-state index >= 15 is 0 Å². The average molecular weight is 281 g/mol. The van der Waals surface area contributed by atoms with Crippen molar-refractivity contribution in [2.45, 2.75) is 32.9 Å². The first kappa shape index (κ1) is 15.1. The second kappa shape index (κ2) is 6.27. The minimum Gasteiger partial charge on any atom is -0.369 e. The largest absolute Gasteiger partial charge is 0.417 e. The molecule has 6 heteroatoms. The van der Waals surface area contributed by atoms with E-state index in [-0.39, 0.29) is 5.02 Å². The van der Waals surface area contributed by atoms with Crippen molar-refractivity contribution in [3.63, 3.8) is 0 Å². The van der Waals surface area contributed by atoms with Crippen LogP contribution in [0.25, 0.3) is 0 Å². The molecule has 2 nitrogen and oxygen atoms in total. The van der Waals surface area contributed by atoms with Crippen molar-refractivity contribution in [3.05, 3.63) is 22.8 Å². The molecule has 1 aromatic heterocycles. The SMILES string of the molecule is CCC(CC)CNc1ncc(C(F)(F)F)cc1Cl. The Morgan fingerprint density at radius 1 is 1.33 bits per heavy atom. The highest BCUT2D eigenvalue weighted by Gasteiger charge is 2.31. The van der Waals surface area contributed by atoms with Crippen LogP contribution >= 0.6 is 11.6 Å². The Kier molecular flexibility index (Phi) is 5.26. The van der Waals surface area contributed by atoms with Crippen LogP contribution in [0, 0.1) is 5.92 Å². The molecule has 1 aromatic rings. The quantitative estimate of drug-likeness (QED) is 0.852. The van der Waals surface area contributed by atoms with Gasteiger partial charge in [0.2, 0.25) is 0 Å². The van der Waals surface area contributed by atoms with Gasteiger partial charge in [-0.15, -0.1) is 0 Å². The van der Waals surface area contributed by atoms with E-state index in [9.17, 15) is 13.2 Å². The molecule has 1 N–H and O–H groups in total. The molecule has 0 unspecified atom stereocenters. The number of alkyl halides is 3. The lowest BCUT2D eigenvalue weighted by Crippen LogP contribution is -2.14. The maximum Gasteiger partial charge on any atom is 0.417 e. The highest BCUT2D eigenvalue weighted by atomic mass is 35.5. The molecule has 0 aliphatic carbocycles. The van der Waals surface area contributed by atoms with Gasteiger partial charge in [-0.2, -0.15) is 13.2 Å². The predicted octanol–water partition coefficient (Wildman–Crippen LogP) is 4.60. The van der Waals surface area contributed by atoms with Gasteiger partial charge in [0.05, 0.1) is 10.6 Å². The third kappa shape index (κ3) is 4.05. The van der Waals surface area contributed by atoms with Crippen LogP contribution in [0.2, 0.25) is 5.02 Å². The first-order valence-corrected chi connectivity index (χ1v) is 6.22. The van der Waals surface area contributed by atoms with Crippen molar-refractivity contribution in [1.82, 2.24) is 4.98 Å². The number of pyridine rings is 1. The third-order valence-electron chi connectivity index (χ3n) is 2.88. The second-order valence-electron chi connectivity index (χ2n) is 4.12. The van der Waals surface area contributed by atoms with Crippen LogP contribution in [0.15, 0.2) is 12.3 Å². The zero-order valence-electron chi connectivity index (χ0n) is 10.3. The first-order chi connectivity index (χ1) is 8.38. The monoisotopic (exact) mass is 280 g/mol. The molecule has 0 amide bonds. The summed E-state index contributed by atoms with van der Waals surface area (Å²) in [7, 11) is 0. The van der Waals surface area contributed by atoms with Crippen molar-refractivity contribution >= 4 is 17.4 Å². The molecule has 0 fully saturated rings. The number of anilines is 1. The second-order valence-corrected chi connectivity index (χ2v) is 4.52. The smallest absolute Gasteiger partial charge is 0.369 e. The van der Waals surface area contributed by atoms with Crippen molar-refractivity contribution in [2.75, 3.05) is 11.9 Å². The number of hydrogen-bond acceptors (Lipinski definition) is 2. The van der Waals surface area contributed by atoms with Gasteiger partial charge in [-0.3, -0.25) is 0 Å². The first-order valence-electron chi connectivity index (χ1n) is 5.85. The van der Waals surface area contributed by atoms with Gasteiger partial charge >= 0.3 is 6.18 Å².